The Kier molecular flexibility index (Phi) is 7.13. The highest BCUT2D eigenvalue weighted by atomic mass is 32.2. The maximum absolute atomic E-state index is 13.5. The number of aliphatic hydroxyl groups excluding tert-OH is 1. The van der Waals surface area contributed by atoms with Gasteiger partial charge in [-0.25, -0.2) is 15.0 Å². The second kappa shape index (κ2) is 10.2. The first-order valence-corrected chi connectivity index (χ1v) is 14.0. The van der Waals surface area contributed by atoms with Gasteiger partial charge in [-0.1, -0.05) is 0 Å². The maximum Gasteiger partial charge on any atom is 0.333 e. The van der Waals surface area contributed by atoms with Gasteiger partial charge in [-0.3, -0.25) is 9.35 Å². The van der Waals surface area contributed by atoms with Crippen LogP contribution in [-0.4, -0.2) is 62.1 Å². The number of anilines is 1. The maximum atomic E-state index is 13.5. The summed E-state index contributed by atoms with van der Waals surface area (Å²) in [5.41, 5.74) is 2.10. The van der Waals surface area contributed by atoms with Gasteiger partial charge in [-0.2, -0.15) is 13.1 Å². The molecule has 0 unspecified atom stereocenters. The molecule has 0 aromatic carbocycles. The Morgan fingerprint density at radius 3 is 2.92 bits per heavy atom. The summed E-state index contributed by atoms with van der Waals surface area (Å²) in [7, 11) is -4.40. The van der Waals surface area contributed by atoms with Crippen LogP contribution in [0.4, 0.5) is 5.82 Å². The fourth-order valence-corrected chi connectivity index (χ4v) is 6.20. The van der Waals surface area contributed by atoms with E-state index in [9.17, 15) is 18.3 Å². The van der Waals surface area contributed by atoms with Gasteiger partial charge in [0.15, 0.2) is 0 Å². The molecule has 1 radical (unpaired) electrons. The lowest BCUT2D eigenvalue weighted by Crippen LogP contribution is -2.27. The largest absolute Gasteiger partial charge is 0.393 e. The Bertz CT molecular complexity index is 1420. The summed E-state index contributed by atoms with van der Waals surface area (Å²) in [6, 6.07) is 1.56. The molecule has 0 bridgehead atoms. The van der Waals surface area contributed by atoms with E-state index in [1.165, 1.54) is 23.9 Å². The third kappa shape index (κ3) is 5.58. The number of hydrogen-bond acceptors (Lipinski definition) is 10. The van der Waals surface area contributed by atoms with Crippen molar-refractivity contribution in [2.45, 2.75) is 51.5 Å². The van der Waals surface area contributed by atoms with E-state index in [4.69, 9.17) is 9.29 Å². The smallest absolute Gasteiger partial charge is 0.333 e. The van der Waals surface area contributed by atoms with Crippen LogP contribution < -0.4 is 10.0 Å². The van der Waals surface area contributed by atoms with Gasteiger partial charge in [0.2, 0.25) is 5.78 Å². The molecule has 4 heterocycles. The molecule has 4 N–H and O–H groups in total. The molecule has 1 aliphatic carbocycles. The van der Waals surface area contributed by atoms with Crippen LogP contribution in [-0.2, 0) is 21.6 Å². The van der Waals surface area contributed by atoms with E-state index in [0.717, 1.165) is 35.0 Å². The molecule has 0 saturated heterocycles. The van der Waals surface area contributed by atoms with E-state index in [1.54, 1.807) is 0 Å². The Balaban J connectivity index is 1.34. The second-order valence-electron chi connectivity index (χ2n) is 9.22. The van der Waals surface area contributed by atoms with Gasteiger partial charge < -0.3 is 19.7 Å². The van der Waals surface area contributed by atoms with E-state index < -0.39 is 22.3 Å². The quantitative estimate of drug-likeness (QED) is 0.241. The highest BCUT2D eigenvalue weighted by Crippen LogP contribution is 2.36. The second-order valence-corrected chi connectivity index (χ2v) is 11.7. The summed E-state index contributed by atoms with van der Waals surface area (Å²) in [4.78, 5) is 27.9. The number of imidazole rings is 1. The van der Waals surface area contributed by atoms with Gasteiger partial charge in [0, 0.05) is 47.9 Å². The predicted octanol–water partition coefficient (Wildman–Crippen LogP) is 1.81. The average Bonchev–Trinajstić information content (AvgIpc) is 3.52. The van der Waals surface area contributed by atoms with Gasteiger partial charge in [0.05, 0.1) is 28.8 Å². The van der Waals surface area contributed by atoms with E-state index >= 15 is 0 Å². The summed E-state index contributed by atoms with van der Waals surface area (Å²) in [6.45, 7) is 6.34. The van der Waals surface area contributed by atoms with E-state index in [1.807, 2.05) is 30.8 Å². The molecule has 1 aliphatic heterocycles. The molecule has 12 nitrogen and oxygen atoms in total. The number of carbonyl (C=O) groups is 1. The van der Waals surface area contributed by atoms with Crippen molar-refractivity contribution in [3.8, 4) is 0 Å². The van der Waals surface area contributed by atoms with Crippen molar-refractivity contribution < 1.29 is 27.6 Å². The first-order valence-electron chi connectivity index (χ1n) is 11.7. The SMILES string of the molecule is Cc1cn2c(n1)[C@H](c1cc(C(=O)c3cncnc3N[C@H]3C[C@H](O)[C@@H]([CH]NS(=O)(=O)O)C3)sc1C)OCC2. The Labute approximate surface area is 218 Å². The monoisotopic (exact) mass is 547 g/mol. The van der Waals surface area contributed by atoms with Crippen molar-refractivity contribution in [3.63, 3.8) is 0 Å². The Hall–Kier alpha value is -2.75. The molecule has 0 amide bonds. The van der Waals surface area contributed by atoms with Crippen molar-refractivity contribution in [3.05, 3.63) is 63.7 Å². The van der Waals surface area contributed by atoms with Crippen LogP contribution in [0.5, 0.6) is 0 Å². The normalized spacial score (nSPS) is 23.7. The topological polar surface area (TPSA) is 169 Å². The minimum atomic E-state index is -4.40. The number of aliphatic hydroxyl groups is 1. The minimum Gasteiger partial charge on any atom is -0.393 e. The van der Waals surface area contributed by atoms with E-state index in [2.05, 4.69) is 24.8 Å². The van der Waals surface area contributed by atoms with E-state index in [-0.39, 0.29) is 23.5 Å². The molecule has 14 heteroatoms. The Morgan fingerprint density at radius 1 is 1.32 bits per heavy atom. The summed E-state index contributed by atoms with van der Waals surface area (Å²) in [5, 5.41) is 13.5. The number of aryl methyl sites for hydroxylation is 2. The summed E-state index contributed by atoms with van der Waals surface area (Å²) < 4.78 is 40.8. The van der Waals surface area contributed by atoms with Crippen molar-refractivity contribution >= 4 is 33.2 Å². The number of rotatable bonds is 8. The van der Waals surface area contributed by atoms with Crippen LogP contribution in [0.2, 0.25) is 0 Å². The zero-order valence-corrected chi connectivity index (χ0v) is 21.8. The van der Waals surface area contributed by atoms with Crippen LogP contribution in [0, 0.1) is 26.3 Å². The van der Waals surface area contributed by atoms with E-state index in [0.29, 0.717) is 30.1 Å². The molecule has 1 fully saturated rings. The molecule has 1 saturated carbocycles. The zero-order valence-electron chi connectivity index (χ0n) is 20.2. The molecule has 0 spiro atoms. The molecule has 37 heavy (non-hydrogen) atoms. The number of fused-ring (bicyclic) bond motifs is 1. The number of ketones is 1. The number of thiophene rings is 1. The van der Waals surface area contributed by atoms with Crippen LogP contribution >= 0.6 is 11.3 Å². The fraction of sp³-hybridized carbons (Fsp3) is 0.435. The van der Waals surface area contributed by atoms with Crippen LogP contribution in [0.25, 0.3) is 0 Å². The fourth-order valence-electron chi connectivity index (χ4n) is 4.85. The van der Waals surface area contributed by atoms with Crippen molar-refractivity contribution in [2.24, 2.45) is 5.92 Å². The van der Waals surface area contributed by atoms with Gasteiger partial charge in [-0.15, -0.1) is 11.3 Å². The average molecular weight is 548 g/mol. The first-order chi connectivity index (χ1) is 17.6. The standard InChI is InChI=1S/C23H27N6O6S2/c1-12-10-29-3-4-35-21(23(29)27-12)16-7-19(36-13(16)2)20(31)17-9-24-11-25-22(17)28-15-5-14(18(30)6-15)8-26-37(32,33)34/h7-11,14-15,18,21,26,30H,3-6H2,1-2H3,(H,24,25,28)(H,32,33,34)/t14-,15-,18+,21+/m1/s1. The number of aromatic nitrogens is 4. The molecular weight excluding hydrogens is 520 g/mol. The first kappa shape index (κ1) is 25.9. The lowest BCUT2D eigenvalue weighted by atomic mass is 10.1. The number of ether oxygens (including phenoxy) is 1. The van der Waals surface area contributed by atoms with Crippen LogP contribution in [0.3, 0.4) is 0 Å². The minimum absolute atomic E-state index is 0.243. The highest BCUT2D eigenvalue weighted by Gasteiger charge is 2.35. The molecule has 5 rings (SSSR count). The summed E-state index contributed by atoms with van der Waals surface area (Å²) >= 11 is 1.37. The molecule has 3 aromatic rings. The van der Waals surface area contributed by atoms with Gasteiger partial charge in [0.1, 0.15) is 24.1 Å². The molecule has 2 aliphatic rings. The molecule has 197 valence electrons. The van der Waals surface area contributed by atoms with Gasteiger partial charge in [-0.05, 0) is 32.8 Å². The van der Waals surface area contributed by atoms with Crippen LogP contribution in [0.1, 0.15) is 56.1 Å². The van der Waals surface area contributed by atoms with Gasteiger partial charge >= 0.3 is 10.3 Å². The molecular formula is C23H27N6O6S2. The van der Waals surface area contributed by atoms with Crippen molar-refractivity contribution in [1.29, 1.82) is 0 Å². The number of nitrogens with zero attached hydrogens (tertiary/aromatic N) is 4. The van der Waals surface area contributed by atoms with Gasteiger partial charge in [0.25, 0.3) is 0 Å². The van der Waals surface area contributed by atoms with Crippen molar-refractivity contribution in [1.82, 2.24) is 24.2 Å². The lowest BCUT2D eigenvalue weighted by Gasteiger charge is -2.24. The third-order valence-corrected chi connectivity index (χ3v) is 8.05. The molecule has 3 aromatic heterocycles. The lowest BCUT2D eigenvalue weighted by molar-refractivity contribution is 0.0429. The third-order valence-electron chi connectivity index (χ3n) is 6.55. The highest BCUT2D eigenvalue weighted by molar-refractivity contribution is 7.83. The number of hydrogen-bond donors (Lipinski definition) is 4. The molecule has 4 atom stereocenters. The van der Waals surface area contributed by atoms with Crippen molar-refractivity contribution in [2.75, 3.05) is 11.9 Å². The zero-order chi connectivity index (χ0) is 26.3. The summed E-state index contributed by atoms with van der Waals surface area (Å²) in [6.07, 6.45) is 4.27. The predicted molar refractivity (Wildman–Crippen MR) is 134 cm³/mol. The number of carbonyl (C=O) groups excluding carboxylic acids is 1. The number of nitrogens with one attached hydrogen (secondary N) is 2. The summed E-state index contributed by atoms with van der Waals surface area (Å²) in [5.74, 6) is 0.388. The van der Waals surface area contributed by atoms with Crippen LogP contribution in [0.15, 0.2) is 24.8 Å². The Morgan fingerprint density at radius 2 is 2.14 bits per heavy atom.